The number of rotatable bonds is 6. The monoisotopic (exact) mass is 288 g/mol. The maximum Gasteiger partial charge on any atom is 0.239 e. The molecular weight excluding hydrogens is 272 g/mol. The fourth-order valence-corrected chi connectivity index (χ4v) is 2.31. The van der Waals surface area contributed by atoms with Crippen LogP contribution in [0, 0.1) is 0 Å². The minimum atomic E-state index is -0.473. The molecule has 0 heterocycles. The molecular formula is C16H17ClN2O. The molecule has 0 bridgehead atoms. The summed E-state index contributed by atoms with van der Waals surface area (Å²) in [5.41, 5.74) is 7.38. The smallest absolute Gasteiger partial charge is 0.239 e. The number of benzene rings is 2. The lowest BCUT2D eigenvalue weighted by Crippen LogP contribution is -2.34. The topological polar surface area (TPSA) is 55.1 Å². The zero-order chi connectivity index (χ0) is 14.4. The first kappa shape index (κ1) is 14.6. The molecule has 0 aliphatic rings. The molecule has 1 amide bonds. The predicted molar refractivity (Wildman–Crippen MR) is 81.5 cm³/mol. The van der Waals surface area contributed by atoms with Gasteiger partial charge in [0.25, 0.3) is 0 Å². The van der Waals surface area contributed by atoms with Gasteiger partial charge in [0.2, 0.25) is 5.91 Å². The minimum absolute atomic E-state index is 0.379. The molecule has 20 heavy (non-hydrogen) atoms. The van der Waals surface area contributed by atoms with E-state index >= 15 is 0 Å². The Balaban J connectivity index is 1.97. The Morgan fingerprint density at radius 3 is 2.40 bits per heavy atom. The van der Waals surface area contributed by atoms with Crippen molar-refractivity contribution < 1.29 is 4.79 Å². The summed E-state index contributed by atoms with van der Waals surface area (Å²) in [6.45, 7) is 0.631. The largest absolute Gasteiger partial charge is 0.368 e. The standard InChI is InChI=1S/C16H17ClN2O/c17-14-9-5-4-6-12(14)10-11-19-15(16(18)20)13-7-2-1-3-8-13/h1-9,15,19H,10-11H2,(H2,18,20)/t15-/m0/s1. The maximum atomic E-state index is 11.5. The molecule has 0 unspecified atom stereocenters. The molecule has 104 valence electrons. The lowest BCUT2D eigenvalue weighted by atomic mass is 10.1. The highest BCUT2D eigenvalue weighted by atomic mass is 35.5. The van der Waals surface area contributed by atoms with Crippen LogP contribution in [-0.4, -0.2) is 12.5 Å². The molecule has 2 aromatic rings. The molecule has 0 spiro atoms. The summed E-state index contributed by atoms with van der Waals surface area (Å²) in [5, 5.41) is 3.92. The lowest BCUT2D eigenvalue weighted by molar-refractivity contribution is -0.120. The molecule has 0 saturated heterocycles. The molecule has 0 saturated carbocycles. The maximum absolute atomic E-state index is 11.5. The third kappa shape index (κ3) is 3.83. The van der Waals surface area contributed by atoms with Crippen molar-refractivity contribution in [2.75, 3.05) is 6.54 Å². The number of halogens is 1. The number of nitrogens with one attached hydrogen (secondary N) is 1. The van der Waals surface area contributed by atoms with Crippen LogP contribution in [0.4, 0.5) is 0 Å². The summed E-state index contributed by atoms with van der Waals surface area (Å²) in [6, 6.07) is 16.7. The number of carbonyl (C=O) groups excluding carboxylic acids is 1. The second-order valence-electron chi connectivity index (χ2n) is 4.54. The highest BCUT2D eigenvalue weighted by molar-refractivity contribution is 6.31. The van der Waals surface area contributed by atoms with Gasteiger partial charge in [0, 0.05) is 11.6 Å². The van der Waals surface area contributed by atoms with Gasteiger partial charge in [-0.2, -0.15) is 0 Å². The fourth-order valence-electron chi connectivity index (χ4n) is 2.08. The summed E-state index contributed by atoms with van der Waals surface area (Å²) in [6.07, 6.45) is 0.746. The first-order valence-corrected chi connectivity index (χ1v) is 6.87. The minimum Gasteiger partial charge on any atom is -0.368 e. The second kappa shape index (κ2) is 7.08. The Hall–Kier alpha value is -1.84. The van der Waals surface area contributed by atoms with Gasteiger partial charge >= 0.3 is 0 Å². The Morgan fingerprint density at radius 2 is 1.75 bits per heavy atom. The average molecular weight is 289 g/mol. The van der Waals surface area contributed by atoms with Crippen LogP contribution in [0.15, 0.2) is 54.6 Å². The number of nitrogens with two attached hydrogens (primary N) is 1. The van der Waals surface area contributed by atoms with Gasteiger partial charge in [-0.15, -0.1) is 0 Å². The Labute approximate surface area is 123 Å². The van der Waals surface area contributed by atoms with Crippen LogP contribution in [-0.2, 0) is 11.2 Å². The summed E-state index contributed by atoms with van der Waals surface area (Å²) in [7, 11) is 0. The van der Waals surface area contributed by atoms with Crippen molar-refractivity contribution in [3.05, 3.63) is 70.7 Å². The van der Waals surface area contributed by atoms with E-state index in [0.717, 1.165) is 22.6 Å². The predicted octanol–water partition coefficient (Wildman–Crippen LogP) is 2.70. The van der Waals surface area contributed by atoms with Crippen LogP contribution >= 0.6 is 11.6 Å². The van der Waals surface area contributed by atoms with Gasteiger partial charge in [0.1, 0.15) is 6.04 Å². The summed E-state index contributed by atoms with van der Waals surface area (Å²) in [4.78, 5) is 11.5. The van der Waals surface area contributed by atoms with Gasteiger partial charge in [-0.3, -0.25) is 4.79 Å². The normalized spacial score (nSPS) is 12.1. The fraction of sp³-hybridized carbons (Fsp3) is 0.188. The van der Waals surface area contributed by atoms with Crippen molar-refractivity contribution in [1.29, 1.82) is 0 Å². The molecule has 2 aromatic carbocycles. The molecule has 0 aliphatic carbocycles. The highest BCUT2D eigenvalue weighted by Gasteiger charge is 2.16. The Kier molecular flexibility index (Phi) is 5.16. The number of hydrogen-bond donors (Lipinski definition) is 2. The van der Waals surface area contributed by atoms with Crippen LogP contribution in [0.3, 0.4) is 0 Å². The highest BCUT2D eigenvalue weighted by Crippen LogP contribution is 2.16. The van der Waals surface area contributed by atoms with Crippen LogP contribution in [0.2, 0.25) is 5.02 Å². The lowest BCUT2D eigenvalue weighted by Gasteiger charge is -2.16. The van der Waals surface area contributed by atoms with E-state index in [4.69, 9.17) is 17.3 Å². The van der Waals surface area contributed by atoms with Crippen molar-refractivity contribution in [3.8, 4) is 0 Å². The van der Waals surface area contributed by atoms with E-state index in [0.29, 0.717) is 6.54 Å². The molecule has 2 rings (SSSR count). The van der Waals surface area contributed by atoms with Crippen molar-refractivity contribution in [2.24, 2.45) is 5.73 Å². The average Bonchev–Trinajstić information content (AvgIpc) is 2.46. The van der Waals surface area contributed by atoms with Gasteiger partial charge in [0.05, 0.1) is 0 Å². The molecule has 0 fully saturated rings. The Morgan fingerprint density at radius 1 is 1.10 bits per heavy atom. The summed E-state index contributed by atoms with van der Waals surface area (Å²) in [5.74, 6) is -0.379. The van der Waals surface area contributed by atoms with Gasteiger partial charge in [-0.05, 0) is 23.6 Å². The van der Waals surface area contributed by atoms with Crippen molar-refractivity contribution in [1.82, 2.24) is 5.32 Å². The van der Waals surface area contributed by atoms with Crippen LogP contribution in [0.5, 0.6) is 0 Å². The molecule has 4 heteroatoms. The molecule has 0 radical (unpaired) electrons. The number of hydrogen-bond acceptors (Lipinski definition) is 2. The third-order valence-corrected chi connectivity index (χ3v) is 3.49. The first-order valence-electron chi connectivity index (χ1n) is 6.49. The second-order valence-corrected chi connectivity index (χ2v) is 4.95. The van der Waals surface area contributed by atoms with Gasteiger partial charge in [-0.1, -0.05) is 60.1 Å². The van der Waals surface area contributed by atoms with Crippen molar-refractivity contribution in [2.45, 2.75) is 12.5 Å². The van der Waals surface area contributed by atoms with E-state index in [1.165, 1.54) is 0 Å². The van der Waals surface area contributed by atoms with Crippen molar-refractivity contribution in [3.63, 3.8) is 0 Å². The van der Waals surface area contributed by atoms with E-state index in [2.05, 4.69) is 5.32 Å². The van der Waals surface area contributed by atoms with E-state index in [1.54, 1.807) is 0 Å². The molecule has 0 aliphatic heterocycles. The van der Waals surface area contributed by atoms with E-state index in [9.17, 15) is 4.79 Å². The zero-order valence-electron chi connectivity index (χ0n) is 11.1. The van der Waals surface area contributed by atoms with Crippen LogP contribution in [0.25, 0.3) is 0 Å². The molecule has 1 atom stereocenters. The number of primary amides is 1. The molecule has 3 N–H and O–H groups in total. The van der Waals surface area contributed by atoms with Crippen molar-refractivity contribution >= 4 is 17.5 Å². The first-order chi connectivity index (χ1) is 9.68. The van der Waals surface area contributed by atoms with Crippen LogP contribution < -0.4 is 11.1 Å². The number of amides is 1. The quantitative estimate of drug-likeness (QED) is 0.859. The van der Waals surface area contributed by atoms with E-state index in [1.807, 2.05) is 54.6 Å². The van der Waals surface area contributed by atoms with Gasteiger partial charge in [-0.25, -0.2) is 0 Å². The summed E-state index contributed by atoms with van der Waals surface area (Å²) >= 11 is 6.10. The molecule has 3 nitrogen and oxygen atoms in total. The third-order valence-electron chi connectivity index (χ3n) is 3.12. The zero-order valence-corrected chi connectivity index (χ0v) is 11.8. The van der Waals surface area contributed by atoms with E-state index < -0.39 is 6.04 Å². The Bertz CT molecular complexity index is 572. The SMILES string of the molecule is NC(=O)[C@@H](NCCc1ccccc1Cl)c1ccccc1. The van der Waals surface area contributed by atoms with E-state index in [-0.39, 0.29) is 5.91 Å². The molecule has 0 aromatic heterocycles. The van der Waals surface area contributed by atoms with Gasteiger partial charge < -0.3 is 11.1 Å². The summed E-state index contributed by atoms with van der Waals surface area (Å²) < 4.78 is 0. The van der Waals surface area contributed by atoms with Crippen LogP contribution in [0.1, 0.15) is 17.2 Å². The number of carbonyl (C=O) groups is 1. The van der Waals surface area contributed by atoms with Gasteiger partial charge in [0.15, 0.2) is 0 Å².